The van der Waals surface area contributed by atoms with Gasteiger partial charge in [0.1, 0.15) is 0 Å². The highest BCUT2D eigenvalue weighted by molar-refractivity contribution is 4.85. The maximum atomic E-state index is 8.68. The molecule has 0 saturated carbocycles. The summed E-state index contributed by atoms with van der Waals surface area (Å²) in [6.07, 6.45) is 12.1. The van der Waals surface area contributed by atoms with Gasteiger partial charge in [-0.3, -0.25) is 0 Å². The van der Waals surface area contributed by atoms with Crippen LogP contribution in [0.4, 0.5) is 0 Å². The Balaban J connectivity index is 3.44. The first kappa shape index (κ1) is 16.7. The maximum Gasteiger partial charge on any atom is 0.0612 e. The highest BCUT2D eigenvalue weighted by atomic mass is 16.2. The van der Waals surface area contributed by atoms with Gasteiger partial charge >= 0.3 is 0 Å². The van der Waals surface area contributed by atoms with Gasteiger partial charge in [0.05, 0.1) is 6.61 Å². The van der Waals surface area contributed by atoms with E-state index in [-0.39, 0.29) is 6.61 Å². The van der Waals surface area contributed by atoms with Crippen LogP contribution in [0.5, 0.6) is 0 Å². The molecule has 0 rings (SSSR count). The number of hydrogen-bond acceptors (Lipinski definition) is 1. The molecule has 0 saturated heterocycles. The summed E-state index contributed by atoms with van der Waals surface area (Å²) in [5.41, 5.74) is 0. The van der Waals surface area contributed by atoms with Gasteiger partial charge in [0.25, 0.3) is 0 Å². The Kier molecular flexibility index (Phi) is 10.6. The lowest BCUT2D eigenvalue weighted by atomic mass is 9.93. The fraction of sp³-hybridized carbons (Fsp3) is 0.875. The summed E-state index contributed by atoms with van der Waals surface area (Å²) in [5, 5.41) is 8.68. The van der Waals surface area contributed by atoms with Crippen LogP contribution >= 0.6 is 0 Å². The Morgan fingerprint density at radius 3 is 2.00 bits per heavy atom. The standard InChI is InChI=1S/C16H32O/c1-14(2)8-5-9-15(3)10-6-11-16(4)12-7-13-17/h7,12,14-17H,5-6,8-11,13H2,1-4H3/b12-7+. The zero-order valence-corrected chi connectivity index (χ0v) is 12.3. The molecule has 0 aromatic heterocycles. The fourth-order valence-corrected chi connectivity index (χ4v) is 2.20. The van der Waals surface area contributed by atoms with E-state index in [1.807, 2.05) is 6.08 Å². The van der Waals surface area contributed by atoms with Crippen molar-refractivity contribution < 1.29 is 5.11 Å². The molecule has 0 amide bonds. The molecule has 0 radical (unpaired) electrons. The zero-order valence-electron chi connectivity index (χ0n) is 12.3. The minimum Gasteiger partial charge on any atom is -0.392 e. The number of allylic oxidation sites excluding steroid dienone is 1. The summed E-state index contributed by atoms with van der Waals surface area (Å²) in [4.78, 5) is 0. The summed E-state index contributed by atoms with van der Waals surface area (Å²) in [6, 6.07) is 0. The smallest absolute Gasteiger partial charge is 0.0612 e. The second-order valence-electron chi connectivity index (χ2n) is 5.95. The van der Waals surface area contributed by atoms with Gasteiger partial charge in [-0.05, 0) is 24.2 Å². The highest BCUT2D eigenvalue weighted by Crippen LogP contribution is 2.19. The van der Waals surface area contributed by atoms with Gasteiger partial charge in [-0.15, -0.1) is 0 Å². The van der Waals surface area contributed by atoms with Crippen molar-refractivity contribution in [3.05, 3.63) is 12.2 Å². The third-order valence-corrected chi connectivity index (χ3v) is 3.40. The Morgan fingerprint density at radius 1 is 0.882 bits per heavy atom. The summed E-state index contributed by atoms with van der Waals surface area (Å²) in [6.45, 7) is 9.40. The van der Waals surface area contributed by atoms with Gasteiger partial charge in [0, 0.05) is 0 Å². The monoisotopic (exact) mass is 240 g/mol. The van der Waals surface area contributed by atoms with Crippen LogP contribution in [0.25, 0.3) is 0 Å². The largest absolute Gasteiger partial charge is 0.392 e. The van der Waals surface area contributed by atoms with E-state index in [1.54, 1.807) is 0 Å². The van der Waals surface area contributed by atoms with Crippen LogP contribution in [0.2, 0.25) is 0 Å². The molecule has 0 aliphatic carbocycles. The highest BCUT2D eigenvalue weighted by Gasteiger charge is 2.04. The molecule has 1 N–H and O–H groups in total. The van der Waals surface area contributed by atoms with Gasteiger partial charge in [-0.25, -0.2) is 0 Å². The summed E-state index contributed by atoms with van der Waals surface area (Å²) in [5.74, 6) is 2.35. The minimum absolute atomic E-state index is 0.177. The van der Waals surface area contributed by atoms with E-state index in [9.17, 15) is 0 Å². The first-order valence-electron chi connectivity index (χ1n) is 7.33. The predicted molar refractivity (Wildman–Crippen MR) is 77.1 cm³/mol. The number of rotatable bonds is 10. The third kappa shape index (κ3) is 12.0. The van der Waals surface area contributed by atoms with E-state index < -0.39 is 0 Å². The summed E-state index contributed by atoms with van der Waals surface area (Å²) >= 11 is 0. The van der Waals surface area contributed by atoms with Crippen molar-refractivity contribution in [3.8, 4) is 0 Å². The SMILES string of the molecule is CC(C)CCCC(C)CCCC(C)/C=C/CO. The van der Waals surface area contributed by atoms with E-state index in [1.165, 1.54) is 38.5 Å². The van der Waals surface area contributed by atoms with Crippen molar-refractivity contribution in [2.45, 2.75) is 66.2 Å². The van der Waals surface area contributed by atoms with Crippen molar-refractivity contribution in [2.24, 2.45) is 17.8 Å². The van der Waals surface area contributed by atoms with Crippen LogP contribution < -0.4 is 0 Å². The van der Waals surface area contributed by atoms with Gasteiger partial charge in [0.2, 0.25) is 0 Å². The normalized spacial score (nSPS) is 15.6. The number of hydrogen-bond donors (Lipinski definition) is 1. The van der Waals surface area contributed by atoms with Crippen molar-refractivity contribution >= 4 is 0 Å². The van der Waals surface area contributed by atoms with E-state index in [2.05, 4.69) is 33.8 Å². The molecule has 2 atom stereocenters. The minimum atomic E-state index is 0.177. The van der Waals surface area contributed by atoms with Crippen LogP contribution in [0.3, 0.4) is 0 Å². The van der Waals surface area contributed by atoms with Gasteiger partial charge in [-0.1, -0.05) is 72.0 Å². The Bertz CT molecular complexity index is 184. The molecule has 0 spiro atoms. The second-order valence-corrected chi connectivity index (χ2v) is 5.95. The van der Waals surface area contributed by atoms with Crippen molar-refractivity contribution in [2.75, 3.05) is 6.61 Å². The molecule has 2 unspecified atom stereocenters. The molecule has 0 heterocycles. The molecule has 0 bridgehead atoms. The molecule has 0 aromatic rings. The Labute approximate surface area is 108 Å². The average Bonchev–Trinajstić information content (AvgIpc) is 2.25. The molecule has 0 aliphatic rings. The summed E-state index contributed by atoms with van der Waals surface area (Å²) in [7, 11) is 0. The van der Waals surface area contributed by atoms with E-state index in [0.717, 1.165) is 11.8 Å². The lowest BCUT2D eigenvalue weighted by molar-refractivity contribution is 0.341. The molecular formula is C16H32O. The molecule has 102 valence electrons. The van der Waals surface area contributed by atoms with Gasteiger partial charge in [-0.2, -0.15) is 0 Å². The Morgan fingerprint density at radius 2 is 1.47 bits per heavy atom. The average molecular weight is 240 g/mol. The first-order valence-corrected chi connectivity index (χ1v) is 7.33. The molecule has 1 heteroatoms. The van der Waals surface area contributed by atoms with E-state index >= 15 is 0 Å². The van der Waals surface area contributed by atoms with E-state index in [4.69, 9.17) is 5.11 Å². The van der Waals surface area contributed by atoms with Crippen LogP contribution in [0.15, 0.2) is 12.2 Å². The fourth-order valence-electron chi connectivity index (χ4n) is 2.20. The van der Waals surface area contributed by atoms with Crippen molar-refractivity contribution in [3.63, 3.8) is 0 Å². The zero-order chi connectivity index (χ0) is 13.1. The summed E-state index contributed by atoms with van der Waals surface area (Å²) < 4.78 is 0. The van der Waals surface area contributed by atoms with Crippen LogP contribution in [0, 0.1) is 17.8 Å². The van der Waals surface area contributed by atoms with Crippen molar-refractivity contribution in [1.29, 1.82) is 0 Å². The quantitative estimate of drug-likeness (QED) is 0.544. The maximum absolute atomic E-state index is 8.68. The third-order valence-electron chi connectivity index (χ3n) is 3.40. The first-order chi connectivity index (χ1) is 8.06. The molecule has 0 aliphatic heterocycles. The van der Waals surface area contributed by atoms with Crippen LogP contribution in [0.1, 0.15) is 66.2 Å². The Hall–Kier alpha value is -0.300. The number of aliphatic hydroxyl groups is 1. The van der Waals surface area contributed by atoms with Crippen LogP contribution in [-0.4, -0.2) is 11.7 Å². The lowest BCUT2D eigenvalue weighted by Crippen LogP contribution is -1.98. The molecule has 17 heavy (non-hydrogen) atoms. The number of aliphatic hydroxyl groups excluding tert-OH is 1. The van der Waals surface area contributed by atoms with Crippen LogP contribution in [-0.2, 0) is 0 Å². The molecule has 0 fully saturated rings. The lowest BCUT2D eigenvalue weighted by Gasteiger charge is -2.13. The predicted octanol–water partition coefficient (Wildman–Crippen LogP) is 4.80. The molecule has 0 aromatic carbocycles. The second kappa shape index (κ2) is 10.8. The van der Waals surface area contributed by atoms with E-state index in [0.29, 0.717) is 5.92 Å². The van der Waals surface area contributed by atoms with Gasteiger partial charge in [0.15, 0.2) is 0 Å². The molecule has 1 nitrogen and oxygen atoms in total. The van der Waals surface area contributed by atoms with Gasteiger partial charge < -0.3 is 5.11 Å². The topological polar surface area (TPSA) is 20.2 Å². The van der Waals surface area contributed by atoms with Crippen molar-refractivity contribution in [1.82, 2.24) is 0 Å². The molecular weight excluding hydrogens is 208 g/mol.